The Morgan fingerprint density at radius 3 is 2.82 bits per heavy atom. The standard InChI is InChI=1S/C16H21FN4O/c1-10-19-16(11-7-8-13(18)15(9-11)22-2)21(20-10)14-6-4-3-5-12(14)17/h3-6,11,13,15H,7-9,18H2,1-2H3/t11-,13+,15+/m0/s1. The van der Waals surface area contributed by atoms with Crippen molar-refractivity contribution < 1.29 is 9.13 Å². The molecule has 0 radical (unpaired) electrons. The first-order valence-corrected chi connectivity index (χ1v) is 7.57. The lowest BCUT2D eigenvalue weighted by molar-refractivity contribution is 0.0459. The summed E-state index contributed by atoms with van der Waals surface area (Å²) >= 11 is 0. The molecule has 2 aromatic rings. The zero-order valence-electron chi connectivity index (χ0n) is 12.9. The van der Waals surface area contributed by atoms with Crippen LogP contribution in [0.2, 0.25) is 0 Å². The van der Waals surface area contributed by atoms with Gasteiger partial charge in [-0.1, -0.05) is 12.1 Å². The Hall–Kier alpha value is -1.79. The number of nitrogens with two attached hydrogens (primary N) is 1. The van der Waals surface area contributed by atoms with Gasteiger partial charge >= 0.3 is 0 Å². The molecule has 3 rings (SSSR count). The zero-order valence-corrected chi connectivity index (χ0v) is 12.9. The second-order valence-electron chi connectivity index (χ2n) is 5.83. The SMILES string of the molecule is CO[C@@H]1C[C@@H](c2nc(C)nn2-c2ccccc2F)CC[C@H]1N. The number of aryl methyl sites for hydroxylation is 1. The summed E-state index contributed by atoms with van der Waals surface area (Å²) in [4.78, 5) is 4.53. The lowest BCUT2D eigenvalue weighted by Gasteiger charge is -2.32. The fourth-order valence-corrected chi connectivity index (χ4v) is 3.15. The average Bonchev–Trinajstić information content (AvgIpc) is 2.90. The lowest BCUT2D eigenvalue weighted by Crippen LogP contribution is -2.41. The molecular formula is C16H21FN4O. The summed E-state index contributed by atoms with van der Waals surface area (Å²) in [6.07, 6.45) is 2.56. The summed E-state index contributed by atoms with van der Waals surface area (Å²) < 4.78 is 21.2. The van der Waals surface area contributed by atoms with Crippen LogP contribution in [0.25, 0.3) is 5.69 Å². The van der Waals surface area contributed by atoms with E-state index in [1.165, 1.54) is 6.07 Å². The van der Waals surface area contributed by atoms with E-state index in [4.69, 9.17) is 10.5 Å². The Balaban J connectivity index is 1.97. The van der Waals surface area contributed by atoms with Crippen LogP contribution in [0.1, 0.15) is 36.8 Å². The molecule has 118 valence electrons. The molecule has 0 unspecified atom stereocenters. The molecule has 22 heavy (non-hydrogen) atoms. The highest BCUT2D eigenvalue weighted by Gasteiger charge is 2.32. The smallest absolute Gasteiger partial charge is 0.148 e. The average molecular weight is 304 g/mol. The molecule has 0 aliphatic heterocycles. The molecule has 0 spiro atoms. The van der Waals surface area contributed by atoms with Gasteiger partial charge in [0, 0.05) is 19.1 Å². The predicted molar refractivity (Wildman–Crippen MR) is 81.4 cm³/mol. The Morgan fingerprint density at radius 1 is 1.32 bits per heavy atom. The van der Waals surface area contributed by atoms with Gasteiger partial charge < -0.3 is 10.5 Å². The first-order chi connectivity index (χ1) is 10.6. The molecule has 5 nitrogen and oxygen atoms in total. The second-order valence-corrected chi connectivity index (χ2v) is 5.83. The van der Waals surface area contributed by atoms with Crippen molar-refractivity contribution in [1.29, 1.82) is 0 Å². The Morgan fingerprint density at radius 2 is 2.09 bits per heavy atom. The van der Waals surface area contributed by atoms with Crippen molar-refractivity contribution in [3.8, 4) is 5.69 Å². The van der Waals surface area contributed by atoms with Gasteiger partial charge in [0.05, 0.1) is 6.10 Å². The minimum Gasteiger partial charge on any atom is -0.380 e. The lowest BCUT2D eigenvalue weighted by atomic mass is 9.83. The number of aromatic nitrogens is 3. The minimum absolute atomic E-state index is 0.00447. The van der Waals surface area contributed by atoms with Gasteiger partial charge in [0.2, 0.25) is 0 Å². The van der Waals surface area contributed by atoms with E-state index in [0.29, 0.717) is 11.5 Å². The van der Waals surface area contributed by atoms with E-state index in [-0.39, 0.29) is 23.9 Å². The molecule has 3 atom stereocenters. The van der Waals surface area contributed by atoms with Crippen molar-refractivity contribution in [3.05, 3.63) is 41.7 Å². The molecule has 2 N–H and O–H groups in total. The number of hydrogen-bond acceptors (Lipinski definition) is 4. The largest absolute Gasteiger partial charge is 0.380 e. The molecule has 1 saturated carbocycles. The van der Waals surface area contributed by atoms with Crippen LogP contribution in [0.5, 0.6) is 0 Å². The Labute approximate surface area is 129 Å². The molecule has 1 heterocycles. The highest BCUT2D eigenvalue weighted by atomic mass is 19.1. The topological polar surface area (TPSA) is 66.0 Å². The van der Waals surface area contributed by atoms with Gasteiger partial charge in [0.25, 0.3) is 0 Å². The van der Waals surface area contributed by atoms with E-state index in [1.54, 1.807) is 30.0 Å². The van der Waals surface area contributed by atoms with Crippen molar-refractivity contribution in [2.75, 3.05) is 7.11 Å². The Bertz CT molecular complexity index is 657. The third kappa shape index (κ3) is 2.76. The number of ether oxygens (including phenoxy) is 1. The van der Waals surface area contributed by atoms with E-state index in [0.717, 1.165) is 25.1 Å². The van der Waals surface area contributed by atoms with Crippen molar-refractivity contribution in [3.63, 3.8) is 0 Å². The number of halogens is 1. The molecule has 1 aliphatic rings. The number of rotatable bonds is 3. The van der Waals surface area contributed by atoms with Gasteiger partial charge in [-0.05, 0) is 38.3 Å². The highest BCUT2D eigenvalue weighted by Crippen LogP contribution is 2.34. The normalized spacial score (nSPS) is 25.4. The van der Waals surface area contributed by atoms with Gasteiger partial charge in [0.15, 0.2) is 0 Å². The fraction of sp³-hybridized carbons (Fsp3) is 0.500. The molecule has 1 fully saturated rings. The van der Waals surface area contributed by atoms with Crippen LogP contribution < -0.4 is 5.73 Å². The van der Waals surface area contributed by atoms with Gasteiger partial charge in [-0.25, -0.2) is 14.1 Å². The summed E-state index contributed by atoms with van der Waals surface area (Å²) in [5.41, 5.74) is 6.51. The maximum atomic E-state index is 14.1. The molecule has 6 heteroatoms. The van der Waals surface area contributed by atoms with E-state index in [1.807, 2.05) is 6.92 Å². The highest BCUT2D eigenvalue weighted by molar-refractivity contribution is 5.34. The fourth-order valence-electron chi connectivity index (χ4n) is 3.15. The Kier molecular flexibility index (Phi) is 4.22. The van der Waals surface area contributed by atoms with Gasteiger partial charge in [0.1, 0.15) is 23.2 Å². The first-order valence-electron chi connectivity index (χ1n) is 7.57. The van der Waals surface area contributed by atoms with Crippen molar-refractivity contribution in [1.82, 2.24) is 14.8 Å². The molecule has 1 aromatic heterocycles. The maximum Gasteiger partial charge on any atom is 0.148 e. The second kappa shape index (κ2) is 6.14. The number of methoxy groups -OCH3 is 1. The summed E-state index contributed by atoms with van der Waals surface area (Å²) in [6.45, 7) is 1.82. The monoisotopic (exact) mass is 304 g/mol. The van der Waals surface area contributed by atoms with Gasteiger partial charge in [-0.3, -0.25) is 0 Å². The minimum atomic E-state index is -0.301. The van der Waals surface area contributed by atoms with Crippen LogP contribution in [0.4, 0.5) is 4.39 Å². The van der Waals surface area contributed by atoms with E-state index in [2.05, 4.69) is 10.1 Å². The van der Waals surface area contributed by atoms with E-state index < -0.39 is 0 Å². The summed E-state index contributed by atoms with van der Waals surface area (Å²) in [5, 5.41) is 4.38. The number of para-hydroxylation sites is 1. The van der Waals surface area contributed by atoms with Crippen LogP contribution in [0, 0.1) is 12.7 Å². The molecule has 0 amide bonds. The van der Waals surface area contributed by atoms with Gasteiger partial charge in [-0.2, -0.15) is 5.10 Å². The maximum absolute atomic E-state index is 14.1. The quantitative estimate of drug-likeness (QED) is 0.945. The van der Waals surface area contributed by atoms with E-state index in [9.17, 15) is 4.39 Å². The summed E-state index contributed by atoms with van der Waals surface area (Å²) in [7, 11) is 1.68. The van der Waals surface area contributed by atoms with Crippen LogP contribution in [-0.4, -0.2) is 34.0 Å². The first kappa shape index (κ1) is 15.1. The third-order valence-electron chi connectivity index (χ3n) is 4.33. The van der Waals surface area contributed by atoms with Crippen LogP contribution >= 0.6 is 0 Å². The van der Waals surface area contributed by atoms with Gasteiger partial charge in [-0.15, -0.1) is 0 Å². The molecule has 0 saturated heterocycles. The van der Waals surface area contributed by atoms with Crippen molar-refractivity contribution >= 4 is 0 Å². The zero-order chi connectivity index (χ0) is 15.7. The molecule has 1 aliphatic carbocycles. The van der Waals surface area contributed by atoms with Crippen LogP contribution in [-0.2, 0) is 4.74 Å². The van der Waals surface area contributed by atoms with Crippen molar-refractivity contribution in [2.45, 2.75) is 44.2 Å². The van der Waals surface area contributed by atoms with Crippen LogP contribution in [0.15, 0.2) is 24.3 Å². The molecule has 1 aromatic carbocycles. The predicted octanol–water partition coefficient (Wildman–Crippen LogP) is 2.32. The van der Waals surface area contributed by atoms with Crippen LogP contribution in [0.3, 0.4) is 0 Å². The number of benzene rings is 1. The molecule has 0 bridgehead atoms. The molecular weight excluding hydrogens is 283 g/mol. The number of hydrogen-bond donors (Lipinski definition) is 1. The van der Waals surface area contributed by atoms with Crippen molar-refractivity contribution in [2.24, 2.45) is 5.73 Å². The van der Waals surface area contributed by atoms with E-state index >= 15 is 0 Å². The third-order valence-corrected chi connectivity index (χ3v) is 4.33. The summed E-state index contributed by atoms with van der Waals surface area (Å²) in [6, 6.07) is 6.67. The summed E-state index contributed by atoms with van der Waals surface area (Å²) in [5.74, 6) is 1.30. The number of nitrogens with zero attached hydrogens (tertiary/aromatic N) is 3.